The zero-order valence-corrected chi connectivity index (χ0v) is 13.7. The molecule has 1 rings (SSSR count). The zero-order chi connectivity index (χ0) is 16.2. The highest BCUT2D eigenvalue weighted by atomic mass is 16.5. The minimum atomic E-state index is -1.04. The van der Waals surface area contributed by atoms with Gasteiger partial charge in [0, 0.05) is 0 Å². The third-order valence-corrected chi connectivity index (χ3v) is 3.93. The van der Waals surface area contributed by atoms with E-state index in [0.717, 1.165) is 12.8 Å². The Hall–Kier alpha value is -0.460. The number of unbranched alkanes of at least 4 members (excludes halogenated alkanes) is 5. The molecule has 0 spiro atoms. The molecule has 1 fully saturated rings. The summed E-state index contributed by atoms with van der Waals surface area (Å²) in [6.07, 6.45) is 9.10. The van der Waals surface area contributed by atoms with E-state index < -0.39 is 24.4 Å². The van der Waals surface area contributed by atoms with Gasteiger partial charge in [0.05, 0.1) is 19.8 Å². The minimum Gasteiger partial charge on any atom is -0.388 e. The summed E-state index contributed by atoms with van der Waals surface area (Å²) < 4.78 is 10.5. The van der Waals surface area contributed by atoms with E-state index in [2.05, 4.69) is 19.1 Å². The van der Waals surface area contributed by atoms with Gasteiger partial charge in [0.1, 0.15) is 24.4 Å². The van der Waals surface area contributed by atoms with E-state index in [1.165, 1.54) is 32.1 Å². The molecule has 22 heavy (non-hydrogen) atoms. The van der Waals surface area contributed by atoms with Gasteiger partial charge in [0.2, 0.25) is 0 Å². The van der Waals surface area contributed by atoms with E-state index in [1.54, 1.807) is 0 Å². The molecule has 5 heteroatoms. The lowest BCUT2D eigenvalue weighted by Crippen LogP contribution is -2.40. The highest BCUT2D eigenvalue weighted by Crippen LogP contribution is 2.17. The molecule has 0 amide bonds. The van der Waals surface area contributed by atoms with Gasteiger partial charge in [-0.1, -0.05) is 44.8 Å². The summed E-state index contributed by atoms with van der Waals surface area (Å²) >= 11 is 0. The van der Waals surface area contributed by atoms with Crippen molar-refractivity contribution in [2.24, 2.45) is 0 Å². The fourth-order valence-electron chi connectivity index (χ4n) is 2.52. The number of hydrogen-bond acceptors (Lipinski definition) is 5. The predicted molar refractivity (Wildman–Crippen MR) is 85.7 cm³/mol. The molecule has 130 valence electrons. The summed E-state index contributed by atoms with van der Waals surface area (Å²) in [5.74, 6) is 0. The van der Waals surface area contributed by atoms with Crippen LogP contribution in [0.15, 0.2) is 12.2 Å². The molecular weight excluding hydrogens is 284 g/mol. The molecule has 0 aromatic rings. The molecule has 1 aliphatic heterocycles. The number of hydrogen-bond donors (Lipinski definition) is 3. The van der Waals surface area contributed by atoms with Crippen LogP contribution in [0.5, 0.6) is 0 Å². The molecule has 0 aliphatic carbocycles. The van der Waals surface area contributed by atoms with Crippen LogP contribution in [0.25, 0.3) is 0 Å². The zero-order valence-electron chi connectivity index (χ0n) is 13.7. The Morgan fingerprint density at radius 1 is 1.14 bits per heavy atom. The summed E-state index contributed by atoms with van der Waals surface area (Å²) in [7, 11) is 0. The lowest BCUT2D eigenvalue weighted by molar-refractivity contribution is -0.0806. The Morgan fingerprint density at radius 3 is 2.55 bits per heavy atom. The monoisotopic (exact) mass is 316 g/mol. The fraction of sp³-hybridized carbons (Fsp3) is 0.882. The molecule has 0 radical (unpaired) electrons. The van der Waals surface area contributed by atoms with Crippen LogP contribution >= 0.6 is 0 Å². The Kier molecular flexibility index (Phi) is 10.7. The number of allylic oxidation sites excluding steroid dienone is 1. The molecule has 5 nitrogen and oxygen atoms in total. The summed E-state index contributed by atoms with van der Waals surface area (Å²) in [5, 5.41) is 28.8. The van der Waals surface area contributed by atoms with Gasteiger partial charge < -0.3 is 24.8 Å². The topological polar surface area (TPSA) is 79.2 Å². The van der Waals surface area contributed by atoms with Crippen LogP contribution in [-0.2, 0) is 9.47 Å². The molecule has 3 N–H and O–H groups in total. The minimum absolute atomic E-state index is 0.0594. The van der Waals surface area contributed by atoms with Crippen molar-refractivity contribution in [2.75, 3.05) is 19.8 Å². The second-order valence-electron chi connectivity index (χ2n) is 5.96. The van der Waals surface area contributed by atoms with Crippen LogP contribution in [-0.4, -0.2) is 59.6 Å². The lowest BCUT2D eigenvalue weighted by Gasteiger charge is -2.20. The molecule has 0 aromatic carbocycles. The van der Waals surface area contributed by atoms with Crippen LogP contribution in [0.3, 0.4) is 0 Å². The third kappa shape index (κ3) is 7.70. The van der Waals surface area contributed by atoms with Gasteiger partial charge in [-0.2, -0.15) is 0 Å². The van der Waals surface area contributed by atoms with Crippen molar-refractivity contribution < 1.29 is 24.8 Å². The summed E-state index contributed by atoms with van der Waals surface area (Å²) in [6, 6.07) is 0. The second-order valence-corrected chi connectivity index (χ2v) is 5.96. The highest BCUT2D eigenvalue weighted by Gasteiger charge is 2.39. The van der Waals surface area contributed by atoms with E-state index in [0.29, 0.717) is 6.61 Å². The van der Waals surface area contributed by atoms with Crippen LogP contribution in [0, 0.1) is 0 Å². The average molecular weight is 316 g/mol. The third-order valence-electron chi connectivity index (χ3n) is 3.93. The largest absolute Gasteiger partial charge is 0.388 e. The maximum Gasteiger partial charge on any atom is 0.114 e. The van der Waals surface area contributed by atoms with Gasteiger partial charge in [-0.25, -0.2) is 0 Å². The van der Waals surface area contributed by atoms with E-state index in [9.17, 15) is 15.3 Å². The predicted octanol–water partition coefficient (Wildman–Crippen LogP) is 1.79. The van der Waals surface area contributed by atoms with E-state index in [1.807, 2.05) is 0 Å². The van der Waals surface area contributed by atoms with Gasteiger partial charge in [-0.3, -0.25) is 0 Å². The van der Waals surface area contributed by atoms with Gasteiger partial charge in [-0.05, 0) is 19.3 Å². The van der Waals surface area contributed by atoms with Gasteiger partial charge in [0.15, 0.2) is 0 Å². The maximum absolute atomic E-state index is 9.84. The van der Waals surface area contributed by atoms with E-state index in [4.69, 9.17) is 9.47 Å². The van der Waals surface area contributed by atoms with E-state index in [-0.39, 0.29) is 13.2 Å². The van der Waals surface area contributed by atoms with Crippen LogP contribution < -0.4 is 0 Å². The van der Waals surface area contributed by atoms with Gasteiger partial charge in [0.25, 0.3) is 0 Å². The first-order valence-electron chi connectivity index (χ1n) is 8.55. The average Bonchev–Trinajstić information content (AvgIpc) is 2.84. The Morgan fingerprint density at radius 2 is 1.86 bits per heavy atom. The molecular formula is C17H32O5. The summed E-state index contributed by atoms with van der Waals surface area (Å²) in [4.78, 5) is 0. The smallest absolute Gasteiger partial charge is 0.114 e. The van der Waals surface area contributed by atoms with Gasteiger partial charge >= 0.3 is 0 Å². The molecule has 0 unspecified atom stereocenters. The first-order valence-corrected chi connectivity index (χ1v) is 8.55. The number of rotatable bonds is 12. The van der Waals surface area contributed by atoms with Crippen molar-refractivity contribution in [3.8, 4) is 0 Å². The quantitative estimate of drug-likeness (QED) is 0.378. The van der Waals surface area contributed by atoms with Crippen molar-refractivity contribution in [3.63, 3.8) is 0 Å². The van der Waals surface area contributed by atoms with E-state index >= 15 is 0 Å². The summed E-state index contributed by atoms with van der Waals surface area (Å²) in [6.45, 7) is 2.93. The number of aliphatic hydroxyl groups is 3. The van der Waals surface area contributed by atoms with Crippen LogP contribution in [0.2, 0.25) is 0 Å². The summed E-state index contributed by atoms with van der Waals surface area (Å²) in [5.41, 5.74) is 0. The first kappa shape index (κ1) is 19.6. The first-order chi connectivity index (χ1) is 10.7. The van der Waals surface area contributed by atoms with Crippen molar-refractivity contribution >= 4 is 0 Å². The molecule has 0 saturated carbocycles. The Bertz CT molecular complexity index is 295. The standard InChI is InChI=1S/C17H32O5/c1-2-3-4-5-6-7-8-9-10-11-21-12-15(19)17-16(20)14(18)13-22-17/h8-9,14-20H,2-7,10-13H2,1H3/b9-8+/t14-,15+,16-,17-/m1/s1. The molecule has 4 atom stereocenters. The molecule has 0 aromatic heterocycles. The number of aliphatic hydroxyl groups excluding tert-OH is 3. The maximum atomic E-state index is 9.84. The van der Waals surface area contributed by atoms with Crippen molar-refractivity contribution in [3.05, 3.63) is 12.2 Å². The fourth-order valence-corrected chi connectivity index (χ4v) is 2.52. The van der Waals surface area contributed by atoms with Crippen molar-refractivity contribution in [2.45, 2.75) is 76.3 Å². The Labute approximate surface area is 133 Å². The van der Waals surface area contributed by atoms with Crippen molar-refractivity contribution in [1.29, 1.82) is 0 Å². The normalized spacial score (nSPS) is 26.8. The lowest BCUT2D eigenvalue weighted by atomic mass is 10.1. The van der Waals surface area contributed by atoms with Gasteiger partial charge in [-0.15, -0.1) is 0 Å². The van der Waals surface area contributed by atoms with Crippen LogP contribution in [0.1, 0.15) is 51.9 Å². The number of ether oxygens (including phenoxy) is 2. The molecule has 1 saturated heterocycles. The SMILES string of the molecule is CCCCCCC/C=C/CCOC[C@H](O)[C@H]1OC[C@@H](O)[C@H]1O. The highest BCUT2D eigenvalue weighted by molar-refractivity contribution is 4.88. The Balaban J connectivity index is 1.94. The second kappa shape index (κ2) is 12.0. The van der Waals surface area contributed by atoms with Crippen molar-refractivity contribution in [1.82, 2.24) is 0 Å². The molecule has 0 bridgehead atoms. The molecule has 1 heterocycles. The van der Waals surface area contributed by atoms with Crippen LogP contribution in [0.4, 0.5) is 0 Å². The molecule has 1 aliphatic rings.